The van der Waals surface area contributed by atoms with E-state index in [1.165, 1.54) is 11.3 Å². The number of hydrogen-bond donors (Lipinski definition) is 1. The summed E-state index contributed by atoms with van der Waals surface area (Å²) in [6.45, 7) is 8.41. The quantitative estimate of drug-likeness (QED) is 0.798. The van der Waals surface area contributed by atoms with Gasteiger partial charge < -0.3 is 10.0 Å². The molecule has 16 heavy (non-hydrogen) atoms. The zero-order valence-corrected chi connectivity index (χ0v) is 10.6. The summed E-state index contributed by atoms with van der Waals surface area (Å²) in [6.07, 6.45) is 1.37. The van der Waals surface area contributed by atoms with E-state index in [0.29, 0.717) is 0 Å². The Bertz CT molecular complexity index is 290. The fourth-order valence-corrected chi connectivity index (χ4v) is 1.85. The van der Waals surface area contributed by atoms with Crippen molar-refractivity contribution >= 4 is 5.69 Å². The molecule has 0 radical (unpaired) electrons. The maximum Gasteiger partial charge on any atom is 0.0577 e. The van der Waals surface area contributed by atoms with Crippen LogP contribution in [0.25, 0.3) is 0 Å². The van der Waals surface area contributed by atoms with Gasteiger partial charge in [0.15, 0.2) is 0 Å². The summed E-state index contributed by atoms with van der Waals surface area (Å²) < 4.78 is 0. The third kappa shape index (κ3) is 3.53. The van der Waals surface area contributed by atoms with Crippen LogP contribution in [0.15, 0.2) is 24.3 Å². The highest BCUT2D eigenvalue weighted by atomic mass is 16.3. The van der Waals surface area contributed by atoms with Crippen molar-refractivity contribution in [2.45, 2.75) is 39.7 Å². The molecule has 90 valence electrons. The van der Waals surface area contributed by atoms with Gasteiger partial charge in [0.25, 0.3) is 0 Å². The van der Waals surface area contributed by atoms with Crippen molar-refractivity contribution in [3.63, 3.8) is 0 Å². The van der Waals surface area contributed by atoms with Crippen LogP contribution in [0.4, 0.5) is 5.69 Å². The van der Waals surface area contributed by atoms with Crippen LogP contribution in [-0.2, 0) is 6.42 Å². The normalized spacial score (nSPS) is 12.5. The number of hydrogen-bond acceptors (Lipinski definition) is 2. The van der Waals surface area contributed by atoms with E-state index in [0.717, 1.165) is 25.9 Å². The number of benzene rings is 1. The predicted molar refractivity (Wildman–Crippen MR) is 70.0 cm³/mol. The zero-order valence-electron chi connectivity index (χ0n) is 10.6. The van der Waals surface area contributed by atoms with Gasteiger partial charge in [0.1, 0.15) is 0 Å². The first-order chi connectivity index (χ1) is 7.71. The Morgan fingerprint density at radius 3 is 2.06 bits per heavy atom. The summed E-state index contributed by atoms with van der Waals surface area (Å²) in [5.41, 5.74) is 2.48. The highest BCUT2D eigenvalue weighted by molar-refractivity contribution is 5.47. The summed E-state index contributed by atoms with van der Waals surface area (Å²) in [5.74, 6) is 0. The molecular formula is C14H23NO. The Morgan fingerprint density at radius 2 is 1.62 bits per heavy atom. The van der Waals surface area contributed by atoms with Crippen molar-refractivity contribution in [2.24, 2.45) is 0 Å². The van der Waals surface area contributed by atoms with Gasteiger partial charge in [0, 0.05) is 18.8 Å². The van der Waals surface area contributed by atoms with Gasteiger partial charge in [-0.05, 0) is 44.4 Å². The summed E-state index contributed by atoms with van der Waals surface area (Å²) in [4.78, 5) is 2.32. The second-order valence-electron chi connectivity index (χ2n) is 4.10. The second kappa shape index (κ2) is 6.54. The van der Waals surface area contributed by atoms with Crippen LogP contribution in [0.2, 0.25) is 0 Å². The molecule has 1 rings (SSSR count). The average molecular weight is 221 g/mol. The van der Waals surface area contributed by atoms with Gasteiger partial charge in [0.05, 0.1) is 6.10 Å². The van der Waals surface area contributed by atoms with Gasteiger partial charge in [-0.15, -0.1) is 0 Å². The van der Waals surface area contributed by atoms with Gasteiger partial charge in [-0.2, -0.15) is 0 Å². The first kappa shape index (κ1) is 13.0. The Morgan fingerprint density at radius 1 is 1.06 bits per heavy atom. The molecule has 1 aromatic rings. The van der Waals surface area contributed by atoms with Gasteiger partial charge in [-0.25, -0.2) is 0 Å². The maximum atomic E-state index is 9.57. The minimum atomic E-state index is -0.209. The molecule has 0 aliphatic carbocycles. The molecule has 0 spiro atoms. The zero-order chi connectivity index (χ0) is 12.0. The lowest BCUT2D eigenvalue weighted by Crippen LogP contribution is -2.21. The molecule has 0 bridgehead atoms. The molecule has 1 atom stereocenters. The van der Waals surface area contributed by atoms with Crippen molar-refractivity contribution in [1.29, 1.82) is 0 Å². The van der Waals surface area contributed by atoms with Crippen molar-refractivity contribution in [3.05, 3.63) is 29.8 Å². The molecule has 0 heterocycles. The van der Waals surface area contributed by atoms with Crippen molar-refractivity contribution in [1.82, 2.24) is 0 Å². The fourth-order valence-electron chi connectivity index (χ4n) is 1.85. The Hall–Kier alpha value is -1.02. The highest BCUT2D eigenvalue weighted by Gasteiger charge is 2.04. The lowest BCUT2D eigenvalue weighted by atomic mass is 10.1. The van der Waals surface area contributed by atoms with E-state index in [4.69, 9.17) is 0 Å². The molecule has 1 N–H and O–H groups in total. The molecule has 0 aliphatic rings. The van der Waals surface area contributed by atoms with Crippen LogP contribution in [0, 0.1) is 0 Å². The van der Waals surface area contributed by atoms with Crippen molar-refractivity contribution in [2.75, 3.05) is 18.0 Å². The first-order valence-corrected chi connectivity index (χ1v) is 6.23. The Balaban J connectivity index is 2.67. The lowest BCUT2D eigenvalue weighted by Gasteiger charge is -2.21. The molecule has 1 aromatic carbocycles. The number of aliphatic hydroxyl groups excluding tert-OH is 1. The third-order valence-corrected chi connectivity index (χ3v) is 3.01. The van der Waals surface area contributed by atoms with Gasteiger partial charge >= 0.3 is 0 Å². The summed E-state index contributed by atoms with van der Waals surface area (Å²) >= 11 is 0. The molecule has 2 nitrogen and oxygen atoms in total. The number of rotatable bonds is 6. The second-order valence-corrected chi connectivity index (χ2v) is 4.10. The van der Waals surface area contributed by atoms with E-state index >= 15 is 0 Å². The molecule has 0 aromatic heterocycles. The fraction of sp³-hybridized carbons (Fsp3) is 0.571. The van der Waals surface area contributed by atoms with E-state index in [2.05, 4.69) is 43.0 Å². The molecule has 0 fully saturated rings. The predicted octanol–water partition coefficient (Wildman–Crippen LogP) is 2.85. The largest absolute Gasteiger partial charge is 0.393 e. The van der Waals surface area contributed by atoms with Gasteiger partial charge in [-0.3, -0.25) is 0 Å². The van der Waals surface area contributed by atoms with Crippen molar-refractivity contribution < 1.29 is 5.11 Å². The monoisotopic (exact) mass is 221 g/mol. The van der Waals surface area contributed by atoms with E-state index in [1.54, 1.807) is 0 Å². The topological polar surface area (TPSA) is 23.5 Å². The Kier molecular flexibility index (Phi) is 5.33. The maximum absolute atomic E-state index is 9.57. The highest BCUT2D eigenvalue weighted by Crippen LogP contribution is 2.16. The van der Waals surface area contributed by atoms with Crippen LogP contribution >= 0.6 is 0 Å². The van der Waals surface area contributed by atoms with Gasteiger partial charge in [0.2, 0.25) is 0 Å². The number of aliphatic hydroxyl groups is 1. The average Bonchev–Trinajstić information content (AvgIpc) is 2.32. The van der Waals surface area contributed by atoms with Gasteiger partial charge in [-0.1, -0.05) is 19.1 Å². The minimum absolute atomic E-state index is 0.209. The molecule has 0 saturated carbocycles. The molecule has 1 unspecified atom stereocenters. The summed E-state index contributed by atoms with van der Waals surface area (Å²) in [5, 5.41) is 9.57. The van der Waals surface area contributed by atoms with E-state index < -0.39 is 0 Å². The van der Waals surface area contributed by atoms with Crippen LogP contribution in [0.5, 0.6) is 0 Å². The SMILES string of the molecule is CCC(O)Cc1ccc(N(CC)CC)cc1. The van der Waals surface area contributed by atoms with E-state index in [-0.39, 0.29) is 6.10 Å². The van der Waals surface area contributed by atoms with Crippen LogP contribution in [-0.4, -0.2) is 24.3 Å². The third-order valence-electron chi connectivity index (χ3n) is 3.01. The smallest absolute Gasteiger partial charge is 0.0577 e. The minimum Gasteiger partial charge on any atom is -0.393 e. The molecule has 0 saturated heterocycles. The van der Waals surface area contributed by atoms with E-state index in [9.17, 15) is 5.11 Å². The first-order valence-electron chi connectivity index (χ1n) is 6.23. The van der Waals surface area contributed by atoms with E-state index in [1.807, 2.05) is 6.92 Å². The number of anilines is 1. The van der Waals surface area contributed by atoms with Crippen LogP contribution in [0.3, 0.4) is 0 Å². The molecule has 0 amide bonds. The van der Waals surface area contributed by atoms with Crippen LogP contribution < -0.4 is 4.90 Å². The molecule has 0 aliphatic heterocycles. The van der Waals surface area contributed by atoms with Crippen molar-refractivity contribution in [3.8, 4) is 0 Å². The molecule has 2 heteroatoms. The molecular weight excluding hydrogens is 198 g/mol. The summed E-state index contributed by atoms with van der Waals surface area (Å²) in [6, 6.07) is 8.52. The Labute approximate surface area is 98.9 Å². The number of nitrogens with zero attached hydrogens (tertiary/aromatic N) is 1. The summed E-state index contributed by atoms with van der Waals surface area (Å²) in [7, 11) is 0. The standard InChI is InChI=1S/C14H23NO/c1-4-14(16)11-12-7-9-13(10-8-12)15(5-2)6-3/h7-10,14,16H,4-6,11H2,1-3H3. The van der Waals surface area contributed by atoms with Crippen LogP contribution in [0.1, 0.15) is 32.8 Å². The lowest BCUT2D eigenvalue weighted by molar-refractivity contribution is 0.171.